The third-order valence-corrected chi connectivity index (χ3v) is 24.6. The van der Waals surface area contributed by atoms with Gasteiger partial charge in [0.1, 0.15) is 0 Å². The third kappa shape index (κ3) is 5.03. The van der Waals surface area contributed by atoms with Crippen molar-refractivity contribution in [2.75, 3.05) is 0 Å². The number of nitrogens with zero attached hydrogens (tertiary/aromatic N) is 2. The van der Waals surface area contributed by atoms with Crippen LogP contribution in [0, 0.1) is 47.3 Å². The molecule has 12 bridgehead atoms. The SMILES string of the molecule is CC(C)c1c2c3cc(C45CC6CC(CC(C6)C4)C5)cc4c5cc6c(cc5n(c2c(C(C)C)c2c5cc(C78CC9CC(CC(C9)C7)C8)cc7c8cc9c(cc8n(c12)c75)C(=O)C1CCC9CC1)c43)C(=O)C1CCC6CC1. The predicted octanol–water partition coefficient (Wildman–Crippen LogP) is 18.1. The lowest BCUT2D eigenvalue weighted by atomic mass is 9.48. The Labute approximate surface area is 435 Å². The lowest BCUT2D eigenvalue weighted by Crippen LogP contribution is -2.48. The van der Waals surface area contributed by atoms with Gasteiger partial charge in [-0.15, -0.1) is 0 Å². The van der Waals surface area contributed by atoms with Crippen LogP contribution >= 0.6 is 0 Å². The minimum atomic E-state index is 0.161. The van der Waals surface area contributed by atoms with Crippen LogP contribution in [0.2, 0.25) is 0 Å². The van der Waals surface area contributed by atoms with Crippen molar-refractivity contribution in [3.05, 3.63) is 93.0 Å². The van der Waals surface area contributed by atoms with E-state index in [-0.39, 0.29) is 34.5 Å². The second kappa shape index (κ2) is 13.8. The van der Waals surface area contributed by atoms with Gasteiger partial charge >= 0.3 is 0 Å². The van der Waals surface area contributed by atoms with Gasteiger partial charge in [-0.2, -0.15) is 0 Å². The van der Waals surface area contributed by atoms with E-state index in [4.69, 9.17) is 0 Å². The molecule has 5 aromatic carbocycles. The highest BCUT2D eigenvalue weighted by atomic mass is 16.1. The van der Waals surface area contributed by atoms with Gasteiger partial charge in [0, 0.05) is 66.1 Å². The number of Topliss-reactive ketones (excluding diaryl/α,β-unsaturated/α-hetero) is 2. The van der Waals surface area contributed by atoms with E-state index in [1.807, 2.05) is 0 Å². The van der Waals surface area contributed by atoms with E-state index in [2.05, 4.69) is 85.0 Å². The van der Waals surface area contributed by atoms with Crippen LogP contribution in [-0.2, 0) is 10.8 Å². The van der Waals surface area contributed by atoms with Gasteiger partial charge in [-0.1, -0.05) is 27.7 Å². The van der Waals surface area contributed by atoms with Gasteiger partial charge in [0.15, 0.2) is 11.6 Å². The molecule has 10 fully saturated rings. The third-order valence-electron chi connectivity index (χ3n) is 24.6. The smallest absolute Gasteiger partial charge is 0.166 e. The van der Waals surface area contributed by atoms with E-state index in [1.165, 1.54) is 175 Å². The van der Waals surface area contributed by atoms with Gasteiger partial charge in [-0.05, 0) is 280 Å². The Morgan fingerprint density at radius 1 is 0.392 bits per heavy atom. The summed E-state index contributed by atoms with van der Waals surface area (Å²) in [4.78, 5) is 29.6. The summed E-state index contributed by atoms with van der Waals surface area (Å²) < 4.78 is 5.53. The fourth-order valence-electron chi connectivity index (χ4n) is 22.6. The molecule has 0 N–H and O–H groups in total. The van der Waals surface area contributed by atoms with E-state index in [0.717, 1.165) is 98.0 Å². The lowest BCUT2D eigenvalue weighted by molar-refractivity contribution is -0.00520. The van der Waals surface area contributed by atoms with Crippen molar-refractivity contribution in [2.45, 2.75) is 191 Å². The summed E-state index contributed by atoms with van der Waals surface area (Å²) in [6.45, 7) is 9.96. The first-order valence-corrected chi connectivity index (χ1v) is 30.6. The van der Waals surface area contributed by atoms with Crippen LogP contribution in [0.1, 0.15) is 234 Å². The average molecular weight is 973 g/mol. The molecule has 14 aliphatic rings. The summed E-state index contributed by atoms with van der Waals surface area (Å²) in [5, 5.41) is 11.5. The molecule has 0 saturated heterocycles. The average Bonchev–Trinajstić information content (AvgIpc) is 4.02. The zero-order valence-corrected chi connectivity index (χ0v) is 44.4. The maximum atomic E-state index is 14.8. The molecule has 0 spiro atoms. The molecule has 9 aromatic rings. The number of ketones is 2. The normalized spacial score (nSPS) is 34.9. The number of carbonyl (C=O) groups is 2. The van der Waals surface area contributed by atoms with Crippen LogP contribution in [0.4, 0.5) is 0 Å². The first kappa shape index (κ1) is 42.2. The Kier molecular flexibility index (Phi) is 7.85. The largest absolute Gasteiger partial charge is 0.308 e. The molecule has 4 heteroatoms. The molecule has 74 heavy (non-hydrogen) atoms. The van der Waals surface area contributed by atoms with E-state index >= 15 is 0 Å². The van der Waals surface area contributed by atoms with Gasteiger partial charge in [0.2, 0.25) is 0 Å². The molecular formula is C70H72N2O2. The zero-order valence-electron chi connectivity index (χ0n) is 44.4. The predicted molar refractivity (Wildman–Crippen MR) is 302 cm³/mol. The number of hydrogen-bond donors (Lipinski definition) is 0. The minimum absolute atomic E-state index is 0.161. The zero-order chi connectivity index (χ0) is 48.7. The minimum Gasteiger partial charge on any atom is -0.308 e. The topological polar surface area (TPSA) is 43.0 Å². The number of aromatic nitrogens is 2. The molecule has 0 radical (unpaired) electrons. The van der Waals surface area contributed by atoms with Crippen molar-refractivity contribution >= 4 is 87.8 Å². The monoisotopic (exact) mass is 973 g/mol. The molecule has 0 amide bonds. The molecule has 374 valence electrons. The van der Waals surface area contributed by atoms with Crippen LogP contribution in [0.15, 0.2) is 48.5 Å². The second-order valence-electron chi connectivity index (χ2n) is 29.2. The number of rotatable bonds is 4. The molecule has 10 saturated carbocycles. The van der Waals surface area contributed by atoms with Crippen LogP contribution in [0.3, 0.4) is 0 Å². The van der Waals surface area contributed by atoms with Crippen LogP contribution < -0.4 is 0 Å². The van der Waals surface area contributed by atoms with Gasteiger partial charge in [0.05, 0.1) is 33.1 Å². The summed E-state index contributed by atoms with van der Waals surface area (Å²) in [7, 11) is 0. The van der Waals surface area contributed by atoms with Gasteiger partial charge < -0.3 is 8.80 Å². The number of benzene rings is 5. The van der Waals surface area contributed by atoms with Crippen molar-refractivity contribution in [2.24, 2.45) is 47.3 Å². The quantitative estimate of drug-likeness (QED) is 0.176. The Hall–Kier alpha value is -4.96. The van der Waals surface area contributed by atoms with E-state index in [0.29, 0.717) is 23.4 Å². The van der Waals surface area contributed by atoms with Gasteiger partial charge in [-0.3, -0.25) is 9.59 Å². The Bertz CT molecular complexity index is 3720. The molecule has 4 heterocycles. The number of hydrogen-bond acceptors (Lipinski definition) is 2. The van der Waals surface area contributed by atoms with Crippen molar-refractivity contribution in [3.63, 3.8) is 0 Å². The first-order chi connectivity index (χ1) is 36.0. The maximum absolute atomic E-state index is 14.8. The first-order valence-electron chi connectivity index (χ1n) is 30.6. The molecule has 0 unspecified atom stereocenters. The summed E-state index contributed by atoms with van der Waals surface area (Å²) >= 11 is 0. The standard InChI is InChI=1S/C70H72N2O2/c1-33(2)59-61-55-21-45(69-27-35-13-36(28-69)15-37(14-35)29-69)19-51-50-24-48-42-7-11-44(12-8-42)68(74)54(48)26-58(50)72(63(51)55)66(61)60(34(3)4)62-56-22-46(70-30-38-16-39(31-70)18-40(17-38)32-70)20-52-49-23-47-41-5-9-43(10-6-41)67(73)53(47)25-57(49)71(64(52)56)65(59)62/h19-26,33-44H,5-18,27-32H2,1-4H3. The maximum Gasteiger partial charge on any atom is 0.166 e. The van der Waals surface area contributed by atoms with Crippen LogP contribution in [0.5, 0.6) is 0 Å². The summed E-state index contributed by atoms with van der Waals surface area (Å²) in [5.74, 6) is 7.76. The molecule has 4 aromatic heterocycles. The Morgan fingerprint density at radius 3 is 1.05 bits per heavy atom. The highest BCUT2D eigenvalue weighted by Gasteiger charge is 2.54. The van der Waals surface area contributed by atoms with Crippen LogP contribution in [-0.4, -0.2) is 20.4 Å². The van der Waals surface area contributed by atoms with Crippen molar-refractivity contribution in [3.8, 4) is 0 Å². The fraction of sp³-hybridized carbons (Fsp3) is 0.543. The molecular weight excluding hydrogens is 901 g/mol. The van der Waals surface area contributed by atoms with E-state index < -0.39 is 0 Å². The Balaban J connectivity index is 1.01. The molecule has 4 nitrogen and oxygen atoms in total. The fourth-order valence-corrected chi connectivity index (χ4v) is 22.6. The highest BCUT2D eigenvalue weighted by molar-refractivity contribution is 6.32. The highest BCUT2D eigenvalue weighted by Crippen LogP contribution is 2.64. The van der Waals surface area contributed by atoms with Gasteiger partial charge in [-0.25, -0.2) is 0 Å². The van der Waals surface area contributed by atoms with Gasteiger partial charge in [0.25, 0.3) is 0 Å². The van der Waals surface area contributed by atoms with E-state index in [9.17, 15) is 9.59 Å². The lowest BCUT2D eigenvalue weighted by Gasteiger charge is -2.57. The summed E-state index contributed by atoms with van der Waals surface area (Å²) in [6, 6.07) is 21.1. The molecule has 14 aliphatic carbocycles. The number of carbonyl (C=O) groups excluding carboxylic acids is 2. The van der Waals surface area contributed by atoms with Crippen LogP contribution in [0.25, 0.3) is 76.2 Å². The van der Waals surface area contributed by atoms with Crippen molar-refractivity contribution in [1.29, 1.82) is 0 Å². The summed E-state index contributed by atoms with van der Waals surface area (Å²) in [6.07, 6.45) is 25.5. The molecule has 0 aliphatic heterocycles. The Morgan fingerprint density at radius 2 is 0.716 bits per heavy atom. The van der Waals surface area contributed by atoms with E-state index in [1.54, 1.807) is 11.1 Å². The van der Waals surface area contributed by atoms with Crippen molar-refractivity contribution < 1.29 is 9.59 Å². The molecule has 0 atom stereocenters. The summed E-state index contributed by atoms with van der Waals surface area (Å²) in [5.41, 5.74) is 19.6. The van der Waals surface area contributed by atoms with Crippen molar-refractivity contribution in [1.82, 2.24) is 8.80 Å². The second-order valence-corrected chi connectivity index (χ2v) is 29.2. The number of fused-ring (bicyclic) bond motifs is 16. The molecule has 23 rings (SSSR count).